The molecule has 0 atom stereocenters. The van der Waals surface area contributed by atoms with Gasteiger partial charge in [-0.1, -0.05) is 41.9 Å². The number of carbonyl (C=O) groups excluding carboxylic acids is 1. The average Bonchev–Trinajstić information content (AvgIpc) is 3.06. The number of hydrogen-bond donors (Lipinski definition) is 1. The summed E-state index contributed by atoms with van der Waals surface area (Å²) in [5, 5.41) is 13.7. The van der Waals surface area contributed by atoms with Crippen LogP contribution in [0.4, 0.5) is 5.69 Å². The third kappa shape index (κ3) is 3.40. The molecule has 3 aromatic rings. The molecule has 0 amide bonds. The van der Waals surface area contributed by atoms with Crippen molar-refractivity contribution >= 4 is 30.7 Å². The minimum Gasteiger partial charge on any atom is -0.476 e. The van der Waals surface area contributed by atoms with Crippen molar-refractivity contribution in [3.63, 3.8) is 0 Å². The van der Waals surface area contributed by atoms with E-state index in [-0.39, 0.29) is 17.9 Å². The van der Waals surface area contributed by atoms with Crippen LogP contribution in [0.5, 0.6) is 0 Å². The van der Waals surface area contributed by atoms with Crippen LogP contribution in [0.25, 0.3) is 10.5 Å². The third-order valence-electron chi connectivity index (χ3n) is 3.85. The SMILES string of the molecule is [B]c1ccc(C(=O)Cc2cnn(-c3ccc([N+]#[C-])cc3)c2C(=O)O)cc1. The Morgan fingerprint density at radius 2 is 1.77 bits per heavy atom. The highest BCUT2D eigenvalue weighted by molar-refractivity contribution is 6.32. The predicted octanol–water partition coefficient (Wildman–Crippen LogP) is 2.34. The minimum absolute atomic E-state index is 0.0793. The Hall–Kier alpha value is -3.66. The topological polar surface area (TPSA) is 76.5 Å². The van der Waals surface area contributed by atoms with Crippen molar-refractivity contribution in [3.8, 4) is 5.69 Å². The number of ketones is 1. The lowest BCUT2D eigenvalue weighted by molar-refractivity contribution is 0.0686. The van der Waals surface area contributed by atoms with Gasteiger partial charge in [0.1, 0.15) is 7.85 Å². The van der Waals surface area contributed by atoms with Gasteiger partial charge in [0.15, 0.2) is 17.2 Å². The Balaban J connectivity index is 1.94. The number of hydrogen-bond acceptors (Lipinski definition) is 3. The fourth-order valence-electron chi connectivity index (χ4n) is 2.55. The quantitative estimate of drug-likeness (QED) is 0.439. The van der Waals surface area contributed by atoms with E-state index in [1.165, 1.54) is 10.9 Å². The molecule has 1 heterocycles. The fraction of sp³-hybridized carbons (Fsp3) is 0.0526. The van der Waals surface area contributed by atoms with Gasteiger partial charge in [-0.2, -0.15) is 5.10 Å². The Kier molecular flexibility index (Phi) is 4.67. The predicted molar refractivity (Wildman–Crippen MR) is 96.6 cm³/mol. The van der Waals surface area contributed by atoms with Gasteiger partial charge in [0.25, 0.3) is 0 Å². The van der Waals surface area contributed by atoms with Gasteiger partial charge in [-0.05, 0) is 12.1 Å². The summed E-state index contributed by atoms with van der Waals surface area (Å²) in [6, 6.07) is 12.8. The second-order valence-electron chi connectivity index (χ2n) is 5.59. The lowest BCUT2D eigenvalue weighted by Crippen LogP contribution is -2.13. The maximum atomic E-state index is 12.4. The van der Waals surface area contributed by atoms with Crippen LogP contribution in [0.1, 0.15) is 26.4 Å². The normalized spacial score (nSPS) is 10.3. The van der Waals surface area contributed by atoms with E-state index in [1.54, 1.807) is 48.5 Å². The van der Waals surface area contributed by atoms with Crippen molar-refractivity contribution in [2.24, 2.45) is 0 Å². The van der Waals surface area contributed by atoms with Crippen molar-refractivity contribution in [3.05, 3.63) is 83.0 Å². The number of carboxylic acid groups (broad SMARTS) is 1. The molecule has 2 radical (unpaired) electrons. The molecule has 0 saturated heterocycles. The van der Waals surface area contributed by atoms with Crippen LogP contribution in [0, 0.1) is 6.57 Å². The molecule has 1 N–H and O–H groups in total. The van der Waals surface area contributed by atoms with Gasteiger partial charge in [0, 0.05) is 17.5 Å². The van der Waals surface area contributed by atoms with Crippen molar-refractivity contribution in [1.29, 1.82) is 0 Å². The fourth-order valence-corrected chi connectivity index (χ4v) is 2.55. The van der Waals surface area contributed by atoms with Gasteiger partial charge in [0.2, 0.25) is 0 Å². The number of carbonyl (C=O) groups is 2. The van der Waals surface area contributed by atoms with E-state index < -0.39 is 5.97 Å². The van der Waals surface area contributed by atoms with E-state index in [1.807, 2.05) is 0 Å². The van der Waals surface area contributed by atoms with Crippen molar-refractivity contribution < 1.29 is 14.7 Å². The summed E-state index contributed by atoms with van der Waals surface area (Å²) < 4.78 is 1.25. The number of aromatic carboxylic acids is 1. The van der Waals surface area contributed by atoms with Crippen molar-refractivity contribution in [2.75, 3.05) is 0 Å². The summed E-state index contributed by atoms with van der Waals surface area (Å²) in [7, 11) is 5.61. The Morgan fingerprint density at radius 3 is 2.35 bits per heavy atom. The van der Waals surface area contributed by atoms with Gasteiger partial charge in [-0.15, -0.1) is 0 Å². The molecule has 0 bridgehead atoms. The first-order chi connectivity index (χ1) is 12.5. The summed E-state index contributed by atoms with van der Waals surface area (Å²) in [6.45, 7) is 6.97. The summed E-state index contributed by atoms with van der Waals surface area (Å²) in [6.07, 6.45) is 1.28. The summed E-state index contributed by atoms with van der Waals surface area (Å²) in [4.78, 5) is 27.4. The molecule has 124 valence electrons. The maximum Gasteiger partial charge on any atom is 0.354 e. The molecule has 0 aliphatic heterocycles. The van der Waals surface area contributed by atoms with E-state index in [0.717, 1.165) is 0 Å². The van der Waals surface area contributed by atoms with Crippen molar-refractivity contribution in [1.82, 2.24) is 9.78 Å². The molecule has 2 aromatic carbocycles. The largest absolute Gasteiger partial charge is 0.476 e. The zero-order valence-electron chi connectivity index (χ0n) is 13.6. The summed E-state index contributed by atoms with van der Waals surface area (Å²) in [5.41, 5.74) is 2.17. The Labute approximate surface area is 150 Å². The number of carboxylic acids is 1. The van der Waals surface area contributed by atoms with Crippen molar-refractivity contribution in [2.45, 2.75) is 6.42 Å². The lowest BCUT2D eigenvalue weighted by atomic mass is 9.93. The smallest absolute Gasteiger partial charge is 0.354 e. The van der Waals surface area contributed by atoms with Gasteiger partial charge in [-0.25, -0.2) is 14.3 Å². The van der Waals surface area contributed by atoms with Gasteiger partial charge in [-0.3, -0.25) is 4.79 Å². The molecule has 0 spiro atoms. The van der Waals surface area contributed by atoms with Crippen LogP contribution in [0.2, 0.25) is 0 Å². The zero-order chi connectivity index (χ0) is 18.7. The molecule has 7 heteroatoms. The molecule has 0 saturated carbocycles. The molecule has 3 rings (SSSR count). The molecule has 0 aliphatic rings. The third-order valence-corrected chi connectivity index (χ3v) is 3.85. The average molecular weight is 341 g/mol. The zero-order valence-corrected chi connectivity index (χ0v) is 13.6. The summed E-state index contributed by atoms with van der Waals surface area (Å²) in [5.74, 6) is -1.41. The number of nitrogens with zero attached hydrogens (tertiary/aromatic N) is 3. The maximum absolute atomic E-state index is 12.4. The number of rotatable bonds is 5. The molecule has 26 heavy (non-hydrogen) atoms. The summed E-state index contributed by atoms with van der Waals surface area (Å²) >= 11 is 0. The Bertz CT molecular complexity index is 1020. The van der Waals surface area contributed by atoms with E-state index in [0.29, 0.717) is 28.0 Å². The Morgan fingerprint density at radius 1 is 1.12 bits per heavy atom. The lowest BCUT2D eigenvalue weighted by Gasteiger charge is -2.06. The number of aromatic nitrogens is 2. The van der Waals surface area contributed by atoms with Crippen LogP contribution in [-0.4, -0.2) is 34.5 Å². The highest BCUT2D eigenvalue weighted by atomic mass is 16.4. The van der Waals surface area contributed by atoms with Gasteiger partial charge < -0.3 is 5.11 Å². The monoisotopic (exact) mass is 341 g/mol. The molecular formula is C19H12BN3O3. The van der Waals surface area contributed by atoms with E-state index >= 15 is 0 Å². The molecule has 0 fully saturated rings. The van der Waals surface area contributed by atoms with Gasteiger partial charge >= 0.3 is 5.97 Å². The van der Waals surface area contributed by atoms with Crippen LogP contribution >= 0.6 is 0 Å². The molecule has 6 nitrogen and oxygen atoms in total. The van der Waals surface area contributed by atoms with Crippen LogP contribution in [0.3, 0.4) is 0 Å². The highest BCUT2D eigenvalue weighted by Gasteiger charge is 2.21. The van der Waals surface area contributed by atoms with Crippen LogP contribution in [-0.2, 0) is 6.42 Å². The first-order valence-corrected chi connectivity index (χ1v) is 7.66. The molecule has 0 aliphatic carbocycles. The van der Waals surface area contributed by atoms with Crippen LogP contribution < -0.4 is 5.46 Å². The highest BCUT2D eigenvalue weighted by Crippen LogP contribution is 2.20. The first-order valence-electron chi connectivity index (χ1n) is 7.66. The minimum atomic E-state index is -1.18. The van der Waals surface area contributed by atoms with E-state index in [4.69, 9.17) is 14.4 Å². The van der Waals surface area contributed by atoms with E-state index in [9.17, 15) is 14.7 Å². The first kappa shape index (κ1) is 17.2. The molecule has 0 unspecified atom stereocenters. The molecule has 1 aromatic heterocycles. The number of benzene rings is 2. The molecular weight excluding hydrogens is 329 g/mol. The second kappa shape index (κ2) is 7.07. The number of Topliss-reactive ketones (excluding diaryl/α,β-unsaturated/α-hetero) is 1. The second-order valence-corrected chi connectivity index (χ2v) is 5.59. The standard InChI is InChI=1S/C19H12BN3O3/c1-21-15-6-8-16(9-7-15)23-18(19(25)26)13(11-22-23)10-17(24)12-2-4-14(20)5-3-12/h2-9,11H,10H2,(H,25,26). The van der Waals surface area contributed by atoms with E-state index in [2.05, 4.69) is 9.94 Å². The van der Waals surface area contributed by atoms with Gasteiger partial charge in [0.05, 0.1) is 18.5 Å². The van der Waals surface area contributed by atoms with Crippen LogP contribution in [0.15, 0.2) is 54.7 Å².